The second-order valence-electron chi connectivity index (χ2n) is 6.54. The lowest BCUT2D eigenvalue weighted by Gasteiger charge is -2.44. The van der Waals surface area contributed by atoms with E-state index >= 15 is 0 Å². The number of likely N-dealkylation sites (tertiary alicyclic amines) is 1. The SMILES string of the molecule is CCCNC1CCCN(C2CCOC(C)(C)C2)C1. The van der Waals surface area contributed by atoms with Gasteiger partial charge in [-0.1, -0.05) is 6.92 Å². The van der Waals surface area contributed by atoms with Crippen molar-refractivity contribution in [3.63, 3.8) is 0 Å². The summed E-state index contributed by atoms with van der Waals surface area (Å²) < 4.78 is 5.84. The molecule has 3 nitrogen and oxygen atoms in total. The molecule has 0 aliphatic carbocycles. The highest BCUT2D eigenvalue weighted by Gasteiger charge is 2.34. The Morgan fingerprint density at radius 2 is 2.17 bits per heavy atom. The first-order valence-corrected chi connectivity index (χ1v) is 7.72. The molecule has 0 aromatic rings. The molecule has 106 valence electrons. The van der Waals surface area contributed by atoms with Crippen molar-refractivity contribution < 1.29 is 4.74 Å². The monoisotopic (exact) mass is 254 g/mol. The van der Waals surface area contributed by atoms with Gasteiger partial charge >= 0.3 is 0 Å². The molecule has 1 N–H and O–H groups in total. The van der Waals surface area contributed by atoms with E-state index in [1.807, 2.05) is 0 Å². The number of rotatable bonds is 4. The van der Waals surface area contributed by atoms with Crippen molar-refractivity contribution in [1.82, 2.24) is 10.2 Å². The van der Waals surface area contributed by atoms with Crippen LogP contribution >= 0.6 is 0 Å². The Bertz CT molecular complexity index is 255. The number of nitrogens with zero attached hydrogens (tertiary/aromatic N) is 1. The van der Waals surface area contributed by atoms with E-state index in [0.717, 1.165) is 19.2 Å². The van der Waals surface area contributed by atoms with Gasteiger partial charge in [0.25, 0.3) is 0 Å². The quantitative estimate of drug-likeness (QED) is 0.834. The fourth-order valence-corrected chi connectivity index (χ4v) is 3.36. The highest BCUT2D eigenvalue weighted by Crippen LogP contribution is 2.29. The largest absolute Gasteiger partial charge is 0.375 e. The zero-order valence-corrected chi connectivity index (χ0v) is 12.4. The Morgan fingerprint density at radius 1 is 1.33 bits per heavy atom. The Labute approximate surface area is 112 Å². The molecule has 2 saturated heterocycles. The van der Waals surface area contributed by atoms with E-state index < -0.39 is 0 Å². The van der Waals surface area contributed by atoms with Crippen molar-refractivity contribution in [3.8, 4) is 0 Å². The van der Waals surface area contributed by atoms with Gasteiger partial charge in [-0.05, 0) is 59.0 Å². The van der Waals surface area contributed by atoms with Crippen molar-refractivity contribution in [3.05, 3.63) is 0 Å². The Kier molecular flexibility index (Phi) is 5.05. The normalized spacial score (nSPS) is 33.5. The van der Waals surface area contributed by atoms with Gasteiger partial charge in [-0.2, -0.15) is 0 Å². The molecule has 0 radical (unpaired) electrons. The molecule has 0 bridgehead atoms. The first-order chi connectivity index (χ1) is 8.61. The lowest BCUT2D eigenvalue weighted by molar-refractivity contribution is -0.0866. The van der Waals surface area contributed by atoms with E-state index in [4.69, 9.17) is 4.74 Å². The molecule has 2 aliphatic rings. The number of ether oxygens (including phenoxy) is 1. The van der Waals surface area contributed by atoms with Crippen LogP contribution in [-0.4, -0.2) is 48.8 Å². The zero-order chi connectivity index (χ0) is 13.0. The Hall–Kier alpha value is -0.120. The summed E-state index contributed by atoms with van der Waals surface area (Å²) in [4.78, 5) is 2.71. The molecule has 0 spiro atoms. The summed E-state index contributed by atoms with van der Waals surface area (Å²) in [5.74, 6) is 0. The standard InChI is InChI=1S/C15H30N2O/c1-4-8-16-13-6-5-9-17(12-13)14-7-10-18-15(2,3)11-14/h13-14,16H,4-12H2,1-3H3. The van der Waals surface area contributed by atoms with Crippen molar-refractivity contribution in [1.29, 1.82) is 0 Å². The first kappa shape index (κ1) is 14.3. The van der Waals surface area contributed by atoms with Gasteiger partial charge in [-0.15, -0.1) is 0 Å². The molecule has 0 aromatic carbocycles. The summed E-state index contributed by atoms with van der Waals surface area (Å²) in [7, 11) is 0. The van der Waals surface area contributed by atoms with Gasteiger partial charge in [0.1, 0.15) is 0 Å². The van der Waals surface area contributed by atoms with Crippen molar-refractivity contribution in [2.24, 2.45) is 0 Å². The lowest BCUT2D eigenvalue weighted by atomic mass is 9.91. The summed E-state index contributed by atoms with van der Waals surface area (Å²) in [5.41, 5.74) is 0.0761. The summed E-state index contributed by atoms with van der Waals surface area (Å²) in [5, 5.41) is 3.69. The minimum atomic E-state index is 0.0761. The fraction of sp³-hybridized carbons (Fsp3) is 1.00. The van der Waals surface area contributed by atoms with Crippen LogP contribution in [0.4, 0.5) is 0 Å². The van der Waals surface area contributed by atoms with Gasteiger partial charge in [0.15, 0.2) is 0 Å². The fourth-order valence-electron chi connectivity index (χ4n) is 3.36. The molecule has 2 rings (SSSR count). The van der Waals surface area contributed by atoms with Gasteiger partial charge in [-0.3, -0.25) is 4.90 Å². The molecule has 2 unspecified atom stereocenters. The van der Waals surface area contributed by atoms with Gasteiger partial charge in [0.2, 0.25) is 0 Å². The Balaban J connectivity index is 1.84. The second kappa shape index (κ2) is 6.36. The van der Waals surface area contributed by atoms with E-state index in [-0.39, 0.29) is 5.60 Å². The lowest BCUT2D eigenvalue weighted by Crippen LogP contribution is -2.53. The maximum atomic E-state index is 5.84. The summed E-state index contributed by atoms with van der Waals surface area (Å²) >= 11 is 0. The molecule has 2 heterocycles. The highest BCUT2D eigenvalue weighted by atomic mass is 16.5. The third-order valence-electron chi connectivity index (χ3n) is 4.32. The maximum absolute atomic E-state index is 5.84. The van der Waals surface area contributed by atoms with E-state index in [9.17, 15) is 0 Å². The average molecular weight is 254 g/mol. The van der Waals surface area contributed by atoms with Crippen LogP contribution in [0, 0.1) is 0 Å². The van der Waals surface area contributed by atoms with Crippen LogP contribution in [0.25, 0.3) is 0 Å². The van der Waals surface area contributed by atoms with Gasteiger partial charge < -0.3 is 10.1 Å². The highest BCUT2D eigenvalue weighted by molar-refractivity contribution is 4.88. The first-order valence-electron chi connectivity index (χ1n) is 7.72. The van der Waals surface area contributed by atoms with Crippen molar-refractivity contribution >= 4 is 0 Å². The van der Waals surface area contributed by atoms with E-state index in [0.29, 0.717) is 6.04 Å². The average Bonchev–Trinajstić information content (AvgIpc) is 2.35. The third-order valence-corrected chi connectivity index (χ3v) is 4.32. The summed E-state index contributed by atoms with van der Waals surface area (Å²) in [6, 6.07) is 1.45. The molecule has 0 amide bonds. The van der Waals surface area contributed by atoms with Crippen molar-refractivity contribution in [2.45, 2.75) is 70.6 Å². The van der Waals surface area contributed by atoms with E-state index in [2.05, 4.69) is 31.0 Å². The molecule has 2 atom stereocenters. The maximum Gasteiger partial charge on any atom is 0.0641 e. The molecule has 0 aromatic heterocycles. The predicted octanol–water partition coefficient (Wildman–Crippen LogP) is 2.41. The molecular weight excluding hydrogens is 224 g/mol. The van der Waals surface area contributed by atoms with Crippen LogP contribution < -0.4 is 5.32 Å². The van der Waals surface area contributed by atoms with Crippen LogP contribution in [0.3, 0.4) is 0 Å². The van der Waals surface area contributed by atoms with Gasteiger partial charge in [0, 0.05) is 25.2 Å². The minimum absolute atomic E-state index is 0.0761. The van der Waals surface area contributed by atoms with Crippen LogP contribution in [0.15, 0.2) is 0 Å². The summed E-state index contributed by atoms with van der Waals surface area (Å²) in [6.45, 7) is 11.3. The number of hydrogen-bond acceptors (Lipinski definition) is 3. The molecule has 0 saturated carbocycles. The molecule has 2 aliphatic heterocycles. The topological polar surface area (TPSA) is 24.5 Å². The van der Waals surface area contributed by atoms with E-state index in [1.165, 1.54) is 45.2 Å². The van der Waals surface area contributed by atoms with Crippen LogP contribution in [-0.2, 0) is 4.74 Å². The molecule has 3 heteroatoms. The second-order valence-corrected chi connectivity index (χ2v) is 6.54. The molecular formula is C15H30N2O. The Morgan fingerprint density at radius 3 is 2.89 bits per heavy atom. The number of piperidine rings is 1. The zero-order valence-electron chi connectivity index (χ0n) is 12.4. The van der Waals surface area contributed by atoms with Gasteiger partial charge in [0.05, 0.1) is 5.60 Å². The van der Waals surface area contributed by atoms with Crippen molar-refractivity contribution in [2.75, 3.05) is 26.2 Å². The number of hydrogen-bond donors (Lipinski definition) is 1. The van der Waals surface area contributed by atoms with Crippen LogP contribution in [0.5, 0.6) is 0 Å². The number of nitrogens with one attached hydrogen (secondary N) is 1. The molecule has 2 fully saturated rings. The third kappa shape index (κ3) is 3.94. The van der Waals surface area contributed by atoms with Crippen LogP contribution in [0.1, 0.15) is 52.9 Å². The summed E-state index contributed by atoms with van der Waals surface area (Å²) in [6.07, 6.45) is 6.33. The smallest absolute Gasteiger partial charge is 0.0641 e. The minimum Gasteiger partial charge on any atom is -0.375 e. The van der Waals surface area contributed by atoms with Gasteiger partial charge in [-0.25, -0.2) is 0 Å². The predicted molar refractivity (Wildman–Crippen MR) is 75.9 cm³/mol. The van der Waals surface area contributed by atoms with Crippen LogP contribution in [0.2, 0.25) is 0 Å². The van der Waals surface area contributed by atoms with E-state index in [1.54, 1.807) is 0 Å². The molecule has 18 heavy (non-hydrogen) atoms.